The van der Waals surface area contributed by atoms with Crippen LogP contribution in [0.2, 0.25) is 0 Å². The summed E-state index contributed by atoms with van der Waals surface area (Å²) in [6.45, 7) is 0.0566. The number of nitrogens with one attached hydrogen (secondary N) is 1. The van der Waals surface area contributed by atoms with Gasteiger partial charge in [-0.2, -0.15) is 4.52 Å². The summed E-state index contributed by atoms with van der Waals surface area (Å²) in [4.78, 5) is 0.00119. The van der Waals surface area contributed by atoms with E-state index in [4.69, 9.17) is 18.9 Å². The van der Waals surface area contributed by atoms with Crippen molar-refractivity contribution in [3.05, 3.63) is 54.6 Å². The fourth-order valence-electron chi connectivity index (χ4n) is 3.25. The second-order valence-corrected chi connectivity index (χ2v) is 8.66. The summed E-state index contributed by atoms with van der Waals surface area (Å²) >= 11 is 0. The highest BCUT2D eigenvalue weighted by molar-refractivity contribution is 7.89. The summed E-state index contributed by atoms with van der Waals surface area (Å²) in [5.41, 5.74) is 1.25. The van der Waals surface area contributed by atoms with Crippen LogP contribution >= 0.6 is 0 Å². The van der Waals surface area contributed by atoms with E-state index < -0.39 is 10.0 Å². The summed E-state index contributed by atoms with van der Waals surface area (Å²) in [6, 6.07) is 15.2. The van der Waals surface area contributed by atoms with Crippen molar-refractivity contribution < 1.29 is 27.4 Å². The quantitative estimate of drug-likeness (QED) is 0.336. The van der Waals surface area contributed by atoms with Crippen LogP contribution in [0.4, 0.5) is 0 Å². The molecular formula is C22H23N5O6S. The van der Waals surface area contributed by atoms with Gasteiger partial charge in [0.05, 0.1) is 26.9 Å². The van der Waals surface area contributed by atoms with Gasteiger partial charge < -0.3 is 18.9 Å². The minimum Gasteiger partial charge on any atom is -0.497 e. The van der Waals surface area contributed by atoms with E-state index >= 15 is 0 Å². The number of para-hydroxylation sites is 1. The third kappa shape index (κ3) is 4.72. The molecule has 0 bridgehead atoms. The van der Waals surface area contributed by atoms with Crippen LogP contribution in [-0.4, -0.2) is 62.7 Å². The molecule has 0 fully saturated rings. The molecule has 0 aliphatic heterocycles. The van der Waals surface area contributed by atoms with Gasteiger partial charge in [-0.05, 0) is 30.3 Å². The smallest absolute Gasteiger partial charge is 0.244 e. The highest BCUT2D eigenvalue weighted by atomic mass is 32.2. The van der Waals surface area contributed by atoms with Gasteiger partial charge in [-0.25, -0.2) is 13.1 Å². The molecule has 178 valence electrons. The Morgan fingerprint density at radius 1 is 0.912 bits per heavy atom. The molecule has 0 aliphatic carbocycles. The van der Waals surface area contributed by atoms with E-state index in [1.165, 1.54) is 26.4 Å². The van der Waals surface area contributed by atoms with E-state index in [9.17, 15) is 8.42 Å². The fraction of sp³-hybridized carbons (Fsp3) is 0.227. The lowest BCUT2D eigenvalue weighted by Crippen LogP contribution is -2.28. The molecule has 0 radical (unpaired) electrons. The number of ether oxygens (including phenoxy) is 4. The summed E-state index contributed by atoms with van der Waals surface area (Å²) in [6.07, 6.45) is 0. The topological polar surface area (TPSA) is 126 Å². The number of hydrogen-bond donors (Lipinski definition) is 1. The molecule has 2 aromatic heterocycles. The Bertz CT molecular complexity index is 1410. The minimum absolute atomic E-state index is 0.00119. The van der Waals surface area contributed by atoms with Gasteiger partial charge in [-0.1, -0.05) is 12.1 Å². The predicted molar refractivity (Wildman–Crippen MR) is 123 cm³/mol. The summed E-state index contributed by atoms with van der Waals surface area (Å²) in [5, 5.41) is 12.8. The number of hydrogen-bond acceptors (Lipinski definition) is 9. The highest BCUT2D eigenvalue weighted by Gasteiger charge is 2.20. The lowest BCUT2D eigenvalue weighted by atomic mass is 10.2. The Labute approximate surface area is 196 Å². The number of rotatable bonds is 10. The SMILES string of the molecule is COc1ccc(S(=O)(=O)NCCOc2ccc3nnc(-c4ccccc4OC)n3n2)c(OC)c1. The fourth-order valence-corrected chi connectivity index (χ4v) is 4.41. The molecule has 0 spiro atoms. The molecule has 4 rings (SSSR count). The Morgan fingerprint density at radius 3 is 2.47 bits per heavy atom. The van der Waals surface area contributed by atoms with E-state index in [1.54, 1.807) is 29.8 Å². The van der Waals surface area contributed by atoms with Crippen LogP contribution in [0.15, 0.2) is 59.5 Å². The molecule has 0 saturated carbocycles. The van der Waals surface area contributed by atoms with Crippen molar-refractivity contribution in [2.75, 3.05) is 34.5 Å². The Balaban J connectivity index is 1.45. The number of benzene rings is 2. The van der Waals surface area contributed by atoms with Crippen LogP contribution in [0.25, 0.3) is 17.0 Å². The molecule has 0 amide bonds. The standard InChI is InChI=1S/C22H23N5O6S/c1-30-15-8-9-19(18(14-15)32-3)34(28,29)23-12-13-33-21-11-10-20-24-25-22(27(20)26-21)16-6-4-5-7-17(16)31-2/h4-11,14,23H,12-13H2,1-3H3. The first kappa shape index (κ1) is 23.3. The number of methoxy groups -OCH3 is 3. The van der Waals surface area contributed by atoms with Crippen LogP contribution in [0.3, 0.4) is 0 Å². The molecule has 11 nitrogen and oxygen atoms in total. The zero-order valence-electron chi connectivity index (χ0n) is 18.8. The molecule has 0 saturated heterocycles. The molecule has 0 atom stereocenters. The lowest BCUT2D eigenvalue weighted by Gasteiger charge is -2.12. The average molecular weight is 486 g/mol. The lowest BCUT2D eigenvalue weighted by molar-refractivity contribution is 0.305. The highest BCUT2D eigenvalue weighted by Crippen LogP contribution is 2.29. The molecule has 12 heteroatoms. The van der Waals surface area contributed by atoms with Gasteiger partial charge in [0.25, 0.3) is 0 Å². The maximum Gasteiger partial charge on any atom is 0.244 e. The van der Waals surface area contributed by atoms with E-state index in [0.717, 1.165) is 5.56 Å². The number of fused-ring (bicyclic) bond motifs is 1. The van der Waals surface area contributed by atoms with Gasteiger partial charge in [0, 0.05) is 18.7 Å². The van der Waals surface area contributed by atoms with E-state index in [-0.39, 0.29) is 29.7 Å². The number of sulfonamides is 1. The van der Waals surface area contributed by atoms with Crippen molar-refractivity contribution in [2.24, 2.45) is 0 Å². The van der Waals surface area contributed by atoms with Gasteiger partial charge in [-0.15, -0.1) is 15.3 Å². The first-order valence-electron chi connectivity index (χ1n) is 10.2. The molecule has 2 heterocycles. The van der Waals surface area contributed by atoms with Crippen LogP contribution in [-0.2, 0) is 10.0 Å². The van der Waals surface area contributed by atoms with Crippen molar-refractivity contribution in [3.63, 3.8) is 0 Å². The maximum absolute atomic E-state index is 12.7. The van der Waals surface area contributed by atoms with Crippen LogP contribution < -0.4 is 23.7 Å². The summed E-state index contributed by atoms with van der Waals surface area (Å²) < 4.78 is 50.8. The second-order valence-electron chi connectivity index (χ2n) is 6.93. The normalized spacial score (nSPS) is 11.4. The zero-order chi connectivity index (χ0) is 24.1. The van der Waals surface area contributed by atoms with Crippen molar-refractivity contribution in [2.45, 2.75) is 4.90 Å². The van der Waals surface area contributed by atoms with Gasteiger partial charge in [0.1, 0.15) is 28.8 Å². The van der Waals surface area contributed by atoms with Crippen molar-refractivity contribution in [1.82, 2.24) is 24.5 Å². The van der Waals surface area contributed by atoms with E-state index in [2.05, 4.69) is 20.0 Å². The van der Waals surface area contributed by atoms with Crippen LogP contribution in [0, 0.1) is 0 Å². The molecule has 34 heavy (non-hydrogen) atoms. The Morgan fingerprint density at radius 2 is 1.71 bits per heavy atom. The molecule has 0 unspecified atom stereocenters. The summed E-state index contributed by atoms with van der Waals surface area (Å²) in [7, 11) is 0.628. The maximum atomic E-state index is 12.7. The minimum atomic E-state index is -3.83. The second kappa shape index (κ2) is 9.93. The van der Waals surface area contributed by atoms with Crippen LogP contribution in [0.1, 0.15) is 0 Å². The number of aromatic nitrogens is 4. The van der Waals surface area contributed by atoms with Gasteiger partial charge in [0.15, 0.2) is 11.5 Å². The molecule has 1 N–H and O–H groups in total. The van der Waals surface area contributed by atoms with Crippen LogP contribution in [0.5, 0.6) is 23.1 Å². The van der Waals surface area contributed by atoms with E-state index in [0.29, 0.717) is 23.0 Å². The molecular weight excluding hydrogens is 462 g/mol. The number of nitrogens with zero attached hydrogens (tertiary/aromatic N) is 4. The molecule has 4 aromatic rings. The van der Waals surface area contributed by atoms with Gasteiger partial charge in [-0.3, -0.25) is 0 Å². The monoisotopic (exact) mass is 485 g/mol. The van der Waals surface area contributed by atoms with Crippen molar-refractivity contribution >= 4 is 15.7 Å². The first-order valence-corrected chi connectivity index (χ1v) is 11.7. The largest absolute Gasteiger partial charge is 0.497 e. The third-order valence-corrected chi connectivity index (χ3v) is 6.39. The summed E-state index contributed by atoms with van der Waals surface area (Å²) in [5.74, 6) is 2.07. The Hall–Kier alpha value is -3.90. The zero-order valence-corrected chi connectivity index (χ0v) is 19.6. The van der Waals surface area contributed by atoms with Gasteiger partial charge in [0.2, 0.25) is 15.9 Å². The molecule has 2 aromatic carbocycles. The predicted octanol–water partition coefficient (Wildman–Crippen LogP) is 2.17. The first-order chi connectivity index (χ1) is 16.5. The average Bonchev–Trinajstić information content (AvgIpc) is 3.29. The van der Waals surface area contributed by atoms with Gasteiger partial charge >= 0.3 is 0 Å². The molecule has 0 aliphatic rings. The van der Waals surface area contributed by atoms with Crippen molar-refractivity contribution in [3.8, 4) is 34.5 Å². The third-order valence-electron chi connectivity index (χ3n) is 4.89. The Kier molecular flexibility index (Phi) is 6.80. The van der Waals surface area contributed by atoms with E-state index in [1.807, 2.05) is 24.3 Å². The van der Waals surface area contributed by atoms with Crippen molar-refractivity contribution in [1.29, 1.82) is 0 Å².